The number of hydrogen-bond acceptors (Lipinski definition) is 4. The molecule has 0 saturated carbocycles. The molecule has 0 fully saturated rings. The predicted molar refractivity (Wildman–Crippen MR) is 29.8 cm³/mol. The van der Waals surface area contributed by atoms with E-state index in [1.165, 1.54) is 6.92 Å². The second-order valence-corrected chi connectivity index (χ2v) is 1.86. The molecule has 4 nitrogen and oxygen atoms in total. The Labute approximate surface area is 52.7 Å². The van der Waals surface area contributed by atoms with Crippen molar-refractivity contribution in [2.75, 3.05) is 0 Å². The second kappa shape index (κ2) is 3.55. The molecule has 0 rings (SSSR count). The number of carbonyl (C=O) groups is 1. The van der Waals surface area contributed by atoms with Gasteiger partial charge in [0.1, 0.15) is 12.2 Å². The summed E-state index contributed by atoms with van der Waals surface area (Å²) in [7, 11) is 0. The fourth-order valence-corrected chi connectivity index (χ4v) is 0.366. The third kappa shape index (κ3) is 2.55. The topological polar surface area (TPSA) is 77.8 Å². The lowest BCUT2D eigenvalue weighted by molar-refractivity contribution is -0.125. The van der Waals surface area contributed by atoms with Crippen LogP contribution in [-0.4, -0.2) is 39.9 Å². The second-order valence-electron chi connectivity index (χ2n) is 1.86. The smallest absolute Gasteiger partial charge is 0.151 e. The summed E-state index contributed by atoms with van der Waals surface area (Å²) >= 11 is 0. The molecule has 3 N–H and O–H groups in total. The normalized spacial score (nSPS) is 20.4. The van der Waals surface area contributed by atoms with E-state index < -0.39 is 18.3 Å². The van der Waals surface area contributed by atoms with Crippen LogP contribution in [0.25, 0.3) is 0 Å². The molecule has 4 heteroatoms. The Morgan fingerprint density at radius 1 is 1.33 bits per heavy atom. The van der Waals surface area contributed by atoms with Crippen LogP contribution in [0, 0.1) is 0 Å². The van der Waals surface area contributed by atoms with Crippen molar-refractivity contribution in [1.82, 2.24) is 0 Å². The third-order valence-electron chi connectivity index (χ3n) is 0.984. The number of hydrogen-bond donors (Lipinski definition) is 3. The van der Waals surface area contributed by atoms with Crippen molar-refractivity contribution >= 4 is 6.29 Å². The molecule has 0 spiro atoms. The average Bonchev–Trinajstić information content (AvgIpc) is 1.84. The Bertz CT molecular complexity index is 91.0. The molecule has 0 amide bonds. The Morgan fingerprint density at radius 2 is 1.78 bits per heavy atom. The summed E-state index contributed by atoms with van der Waals surface area (Å²) in [4.78, 5) is 9.73. The van der Waals surface area contributed by atoms with Gasteiger partial charge in [-0.1, -0.05) is 0 Å². The van der Waals surface area contributed by atoms with Crippen LogP contribution < -0.4 is 0 Å². The molecule has 0 radical (unpaired) electrons. The van der Waals surface area contributed by atoms with Crippen LogP contribution in [0.15, 0.2) is 0 Å². The fraction of sp³-hybridized carbons (Fsp3) is 0.800. The number of aldehydes is 1. The van der Waals surface area contributed by atoms with Gasteiger partial charge in [0.15, 0.2) is 6.29 Å². The zero-order valence-corrected chi connectivity index (χ0v) is 5.06. The molecule has 0 bridgehead atoms. The van der Waals surface area contributed by atoms with Gasteiger partial charge in [0.25, 0.3) is 0 Å². The van der Waals surface area contributed by atoms with E-state index in [1.807, 2.05) is 0 Å². The molecule has 0 aromatic heterocycles. The van der Waals surface area contributed by atoms with Crippen molar-refractivity contribution in [3.05, 3.63) is 0 Å². The highest BCUT2D eigenvalue weighted by Crippen LogP contribution is 1.95. The standard InChI is InChI=1S/C5H10O4/c1-3(7)5(9)4(8)2-6/h2-5,7-9H,1H3/t3-,4+,5+/m0/s1. The molecule has 0 aromatic carbocycles. The molecule has 0 unspecified atom stereocenters. The number of rotatable bonds is 3. The molecule has 0 heterocycles. The monoisotopic (exact) mass is 134 g/mol. The molecule has 9 heavy (non-hydrogen) atoms. The van der Waals surface area contributed by atoms with E-state index in [0.717, 1.165) is 0 Å². The van der Waals surface area contributed by atoms with Gasteiger partial charge in [-0.3, -0.25) is 0 Å². The molecule has 0 aromatic rings. The van der Waals surface area contributed by atoms with Crippen molar-refractivity contribution in [3.63, 3.8) is 0 Å². The van der Waals surface area contributed by atoms with Gasteiger partial charge < -0.3 is 20.1 Å². The van der Waals surface area contributed by atoms with E-state index in [4.69, 9.17) is 15.3 Å². The first-order chi connectivity index (χ1) is 4.09. The van der Waals surface area contributed by atoms with E-state index in [0.29, 0.717) is 0 Å². The van der Waals surface area contributed by atoms with Gasteiger partial charge in [0.05, 0.1) is 6.10 Å². The van der Waals surface area contributed by atoms with Crippen LogP contribution in [0.2, 0.25) is 0 Å². The summed E-state index contributed by atoms with van der Waals surface area (Å²) in [5.74, 6) is 0. The summed E-state index contributed by atoms with van der Waals surface area (Å²) in [6.07, 6.45) is -3.75. The van der Waals surface area contributed by atoms with Crippen LogP contribution in [0.5, 0.6) is 0 Å². The minimum atomic E-state index is -1.48. The van der Waals surface area contributed by atoms with E-state index in [2.05, 4.69) is 0 Å². The lowest BCUT2D eigenvalue weighted by Gasteiger charge is -2.14. The molecule has 0 aliphatic rings. The molecular weight excluding hydrogens is 124 g/mol. The molecular formula is C5H10O4. The Kier molecular flexibility index (Phi) is 3.37. The summed E-state index contributed by atoms with van der Waals surface area (Å²) in [5, 5.41) is 25.7. The maximum absolute atomic E-state index is 9.73. The van der Waals surface area contributed by atoms with Crippen LogP contribution in [0.3, 0.4) is 0 Å². The van der Waals surface area contributed by atoms with Crippen LogP contribution in [-0.2, 0) is 4.79 Å². The largest absolute Gasteiger partial charge is 0.391 e. The lowest BCUT2D eigenvalue weighted by Crippen LogP contribution is -2.36. The van der Waals surface area contributed by atoms with Crippen LogP contribution in [0.4, 0.5) is 0 Å². The number of aliphatic hydroxyl groups excluding tert-OH is 3. The average molecular weight is 134 g/mol. The van der Waals surface area contributed by atoms with Crippen molar-refractivity contribution < 1.29 is 20.1 Å². The first-order valence-electron chi connectivity index (χ1n) is 2.59. The van der Waals surface area contributed by atoms with E-state index in [1.54, 1.807) is 0 Å². The van der Waals surface area contributed by atoms with Gasteiger partial charge in [-0.05, 0) is 6.92 Å². The van der Waals surface area contributed by atoms with Crippen LogP contribution in [0.1, 0.15) is 6.92 Å². The zero-order chi connectivity index (χ0) is 7.44. The van der Waals surface area contributed by atoms with Crippen LogP contribution >= 0.6 is 0 Å². The highest BCUT2D eigenvalue weighted by atomic mass is 16.4. The number of carbonyl (C=O) groups excluding carboxylic acids is 1. The third-order valence-corrected chi connectivity index (χ3v) is 0.984. The molecule has 0 aliphatic heterocycles. The predicted octanol–water partition coefficient (Wildman–Crippen LogP) is -1.71. The van der Waals surface area contributed by atoms with Gasteiger partial charge in [0, 0.05) is 0 Å². The molecule has 3 atom stereocenters. The first-order valence-corrected chi connectivity index (χ1v) is 2.59. The minimum absolute atomic E-state index is 0.178. The highest BCUT2D eigenvalue weighted by Gasteiger charge is 2.19. The molecule has 54 valence electrons. The van der Waals surface area contributed by atoms with E-state index in [-0.39, 0.29) is 6.29 Å². The highest BCUT2D eigenvalue weighted by molar-refractivity contribution is 5.56. The van der Waals surface area contributed by atoms with Crippen molar-refractivity contribution in [3.8, 4) is 0 Å². The SMILES string of the molecule is C[C@H](O)[C@@H](O)[C@H](O)C=O. The van der Waals surface area contributed by atoms with Crippen molar-refractivity contribution in [1.29, 1.82) is 0 Å². The van der Waals surface area contributed by atoms with E-state index >= 15 is 0 Å². The summed E-state index contributed by atoms with van der Waals surface area (Å²) in [6, 6.07) is 0. The lowest BCUT2D eigenvalue weighted by atomic mass is 10.1. The van der Waals surface area contributed by atoms with Crippen molar-refractivity contribution in [2.24, 2.45) is 0 Å². The number of aliphatic hydroxyl groups is 3. The van der Waals surface area contributed by atoms with Gasteiger partial charge in [-0.2, -0.15) is 0 Å². The van der Waals surface area contributed by atoms with Gasteiger partial charge in [0.2, 0.25) is 0 Å². The first kappa shape index (κ1) is 8.55. The Balaban J connectivity index is 3.71. The Morgan fingerprint density at radius 3 is 1.89 bits per heavy atom. The molecule has 0 aliphatic carbocycles. The summed E-state index contributed by atoms with van der Waals surface area (Å²) < 4.78 is 0. The van der Waals surface area contributed by atoms with Gasteiger partial charge >= 0.3 is 0 Å². The fourth-order valence-electron chi connectivity index (χ4n) is 0.366. The van der Waals surface area contributed by atoms with Gasteiger partial charge in [-0.25, -0.2) is 0 Å². The zero-order valence-electron chi connectivity index (χ0n) is 5.06. The molecule has 0 saturated heterocycles. The quantitative estimate of drug-likeness (QED) is 0.401. The Hall–Kier alpha value is -0.450. The summed E-state index contributed by atoms with van der Waals surface area (Å²) in [6.45, 7) is 1.29. The van der Waals surface area contributed by atoms with E-state index in [9.17, 15) is 4.79 Å². The minimum Gasteiger partial charge on any atom is -0.391 e. The maximum atomic E-state index is 9.73. The van der Waals surface area contributed by atoms with Gasteiger partial charge in [-0.15, -0.1) is 0 Å². The van der Waals surface area contributed by atoms with Crippen molar-refractivity contribution in [2.45, 2.75) is 25.2 Å². The maximum Gasteiger partial charge on any atom is 0.151 e. The summed E-state index contributed by atoms with van der Waals surface area (Å²) in [5.41, 5.74) is 0.